The lowest BCUT2D eigenvalue weighted by atomic mass is 9.84. The number of fused-ring (bicyclic) bond motifs is 2. The van der Waals surface area contributed by atoms with E-state index in [1.54, 1.807) is 0 Å². The fourth-order valence-electron chi connectivity index (χ4n) is 4.45. The normalized spacial score (nSPS) is 26.6. The molecule has 0 aliphatic heterocycles. The molecule has 6 nitrogen and oxygen atoms in total. The van der Waals surface area contributed by atoms with Gasteiger partial charge >= 0.3 is 5.76 Å². The third-order valence-corrected chi connectivity index (χ3v) is 6.42. The molecule has 0 aromatic carbocycles. The van der Waals surface area contributed by atoms with Crippen LogP contribution in [0.5, 0.6) is 0 Å². The van der Waals surface area contributed by atoms with Crippen molar-refractivity contribution >= 4 is 17.2 Å². The highest BCUT2D eigenvalue weighted by Gasteiger charge is 2.42. The summed E-state index contributed by atoms with van der Waals surface area (Å²) in [6.07, 6.45) is 5.18. The highest BCUT2D eigenvalue weighted by molar-refractivity contribution is 7.13. The number of amides is 1. The zero-order chi connectivity index (χ0) is 16.7. The van der Waals surface area contributed by atoms with Crippen molar-refractivity contribution in [1.82, 2.24) is 15.0 Å². The van der Waals surface area contributed by atoms with Crippen LogP contribution in [0.2, 0.25) is 0 Å². The molecule has 2 aliphatic rings. The van der Waals surface area contributed by atoms with E-state index >= 15 is 0 Å². The molecular weight excluding hydrogens is 326 g/mol. The predicted molar refractivity (Wildman–Crippen MR) is 90.6 cm³/mol. The van der Waals surface area contributed by atoms with E-state index in [9.17, 15) is 9.59 Å². The van der Waals surface area contributed by atoms with Crippen LogP contribution >= 0.6 is 11.3 Å². The highest BCUT2D eigenvalue weighted by atomic mass is 32.1. The lowest BCUT2D eigenvalue weighted by molar-refractivity contribution is -0.122. The number of aromatic nitrogens is 2. The number of thiophene rings is 1. The topological polar surface area (TPSA) is 77.1 Å². The molecule has 1 N–H and O–H groups in total. The maximum Gasteiger partial charge on any atom is 0.442 e. The summed E-state index contributed by atoms with van der Waals surface area (Å²) in [5.74, 6) is 1.84. The van der Waals surface area contributed by atoms with Crippen LogP contribution in [0.25, 0.3) is 10.7 Å². The summed E-state index contributed by atoms with van der Waals surface area (Å²) in [7, 11) is 0. The fraction of sp³-hybridized carbons (Fsp3) is 0.588. The fourth-order valence-corrected chi connectivity index (χ4v) is 5.16. The van der Waals surface area contributed by atoms with E-state index in [2.05, 4.69) is 17.4 Å². The minimum atomic E-state index is -0.596. The van der Waals surface area contributed by atoms with E-state index in [0.29, 0.717) is 11.7 Å². The first kappa shape index (κ1) is 15.6. The Balaban J connectivity index is 1.43. The average molecular weight is 347 g/mol. The average Bonchev–Trinajstić information content (AvgIpc) is 3.31. The summed E-state index contributed by atoms with van der Waals surface area (Å²) in [4.78, 5) is 25.1. The Labute approximate surface area is 143 Å². The van der Waals surface area contributed by atoms with Gasteiger partial charge in [-0.2, -0.15) is 0 Å². The lowest BCUT2D eigenvalue weighted by Crippen LogP contribution is -2.42. The van der Waals surface area contributed by atoms with Crippen molar-refractivity contribution < 1.29 is 9.32 Å². The van der Waals surface area contributed by atoms with E-state index in [4.69, 9.17) is 4.52 Å². The standard InChI is InChI=1S/C17H21N3O3S/c1-10(13-8-11-4-5-12(13)7-11)18-15(21)9-20-16(19-23-17(20)22)14-3-2-6-24-14/h2-3,6,10-13H,4-5,7-9H2,1H3,(H,18,21). The molecule has 4 atom stereocenters. The van der Waals surface area contributed by atoms with Crippen LogP contribution in [0, 0.1) is 17.8 Å². The Hall–Kier alpha value is -1.89. The second-order valence-electron chi connectivity index (χ2n) is 7.03. The van der Waals surface area contributed by atoms with Crippen LogP contribution < -0.4 is 11.1 Å². The minimum Gasteiger partial charge on any atom is -0.352 e. The molecule has 4 unspecified atom stereocenters. The van der Waals surface area contributed by atoms with Gasteiger partial charge in [-0.3, -0.25) is 9.32 Å². The van der Waals surface area contributed by atoms with Crippen molar-refractivity contribution in [3.63, 3.8) is 0 Å². The van der Waals surface area contributed by atoms with Crippen LogP contribution in [0.1, 0.15) is 32.6 Å². The van der Waals surface area contributed by atoms with Gasteiger partial charge in [-0.05, 0) is 55.4 Å². The van der Waals surface area contributed by atoms with Crippen molar-refractivity contribution in [1.29, 1.82) is 0 Å². The predicted octanol–water partition coefficient (Wildman–Crippen LogP) is 2.51. The molecule has 2 saturated carbocycles. The monoisotopic (exact) mass is 347 g/mol. The van der Waals surface area contributed by atoms with Gasteiger partial charge in [-0.1, -0.05) is 17.6 Å². The summed E-state index contributed by atoms with van der Waals surface area (Å²) in [5.41, 5.74) is 0. The van der Waals surface area contributed by atoms with E-state index in [1.807, 2.05) is 17.5 Å². The maximum atomic E-state index is 12.4. The summed E-state index contributed by atoms with van der Waals surface area (Å²) in [6, 6.07) is 3.88. The van der Waals surface area contributed by atoms with Crippen molar-refractivity contribution in [2.75, 3.05) is 0 Å². The second-order valence-corrected chi connectivity index (χ2v) is 7.98. The molecule has 2 aromatic rings. The number of hydrogen-bond donors (Lipinski definition) is 1. The molecule has 7 heteroatoms. The molecule has 2 heterocycles. The van der Waals surface area contributed by atoms with Gasteiger partial charge < -0.3 is 5.32 Å². The van der Waals surface area contributed by atoms with Crippen LogP contribution in [0.3, 0.4) is 0 Å². The van der Waals surface area contributed by atoms with Gasteiger partial charge in [0.25, 0.3) is 0 Å². The molecule has 4 rings (SSSR count). The second kappa shape index (κ2) is 6.20. The minimum absolute atomic E-state index is 0.0548. The summed E-state index contributed by atoms with van der Waals surface area (Å²) >= 11 is 1.46. The Kier molecular flexibility index (Phi) is 4.04. The number of carbonyl (C=O) groups is 1. The van der Waals surface area contributed by atoms with Gasteiger partial charge in [-0.25, -0.2) is 9.36 Å². The van der Waals surface area contributed by atoms with Crippen LogP contribution in [-0.2, 0) is 11.3 Å². The van der Waals surface area contributed by atoms with Crippen molar-refractivity contribution in [2.45, 2.75) is 45.2 Å². The zero-order valence-corrected chi connectivity index (χ0v) is 14.4. The van der Waals surface area contributed by atoms with Crippen LogP contribution in [-0.4, -0.2) is 21.7 Å². The van der Waals surface area contributed by atoms with Gasteiger partial charge in [0, 0.05) is 6.04 Å². The molecule has 2 aliphatic carbocycles. The molecule has 0 saturated heterocycles. The Morgan fingerprint density at radius 2 is 2.38 bits per heavy atom. The van der Waals surface area contributed by atoms with Gasteiger partial charge in [0.2, 0.25) is 5.91 Å². The molecule has 2 fully saturated rings. The Morgan fingerprint density at radius 3 is 3.04 bits per heavy atom. The lowest BCUT2D eigenvalue weighted by Gasteiger charge is -2.28. The van der Waals surface area contributed by atoms with Crippen molar-refractivity contribution in [3.8, 4) is 10.7 Å². The van der Waals surface area contributed by atoms with Gasteiger partial charge in [0.05, 0.1) is 4.88 Å². The molecule has 1 amide bonds. The maximum absolute atomic E-state index is 12.4. The van der Waals surface area contributed by atoms with E-state index in [-0.39, 0.29) is 18.5 Å². The molecule has 2 bridgehead atoms. The van der Waals surface area contributed by atoms with E-state index in [1.165, 1.54) is 41.6 Å². The van der Waals surface area contributed by atoms with Crippen molar-refractivity contribution in [2.24, 2.45) is 17.8 Å². The van der Waals surface area contributed by atoms with E-state index < -0.39 is 5.76 Å². The van der Waals surface area contributed by atoms with Crippen molar-refractivity contribution in [3.05, 3.63) is 28.1 Å². The van der Waals surface area contributed by atoms with Crippen LogP contribution in [0.4, 0.5) is 0 Å². The molecule has 24 heavy (non-hydrogen) atoms. The van der Waals surface area contributed by atoms with E-state index in [0.717, 1.165) is 16.7 Å². The molecule has 2 aromatic heterocycles. The quantitative estimate of drug-likeness (QED) is 0.901. The highest BCUT2D eigenvalue weighted by Crippen LogP contribution is 2.49. The summed E-state index contributed by atoms with van der Waals surface area (Å²) in [5, 5.41) is 8.78. The number of carbonyl (C=O) groups excluding carboxylic acids is 1. The van der Waals surface area contributed by atoms with Gasteiger partial charge in [0.15, 0.2) is 5.82 Å². The first-order valence-electron chi connectivity index (χ1n) is 8.51. The first-order chi connectivity index (χ1) is 11.6. The van der Waals surface area contributed by atoms with Crippen LogP contribution in [0.15, 0.2) is 26.8 Å². The third-order valence-electron chi connectivity index (χ3n) is 5.55. The Bertz CT molecular complexity index is 779. The van der Waals surface area contributed by atoms with Gasteiger partial charge in [0.1, 0.15) is 6.54 Å². The zero-order valence-electron chi connectivity index (χ0n) is 13.6. The van der Waals surface area contributed by atoms with Gasteiger partial charge in [-0.15, -0.1) is 11.3 Å². The number of hydrogen-bond acceptors (Lipinski definition) is 5. The number of rotatable bonds is 5. The number of nitrogens with zero attached hydrogens (tertiary/aromatic N) is 2. The summed E-state index contributed by atoms with van der Waals surface area (Å²) < 4.78 is 6.05. The first-order valence-corrected chi connectivity index (χ1v) is 9.39. The number of nitrogens with one attached hydrogen (secondary N) is 1. The molecule has 0 spiro atoms. The summed E-state index contributed by atoms with van der Waals surface area (Å²) in [6.45, 7) is 2.03. The smallest absolute Gasteiger partial charge is 0.352 e. The Morgan fingerprint density at radius 1 is 1.50 bits per heavy atom. The SMILES string of the molecule is CC(NC(=O)Cn1c(-c2cccs2)noc1=O)C1CC2CCC1C2. The molecular formula is C17H21N3O3S. The molecule has 0 radical (unpaired) electrons. The third kappa shape index (κ3) is 2.81. The largest absolute Gasteiger partial charge is 0.442 e. The molecule has 128 valence electrons.